The third kappa shape index (κ3) is 4.55. The predicted molar refractivity (Wildman–Crippen MR) is 101 cm³/mol. The molecule has 148 valence electrons. The standard InChI is InChI=1S/C19H21N3O5S/c23-18(19(24)22-9-11-27-12-10-22)21-14-17(15-5-4-8-20-13-15)28(25,26)16-6-2-1-3-7-16/h1-8,13,17H,9-12,14H2,(H,21,23)/t17-/m1/s1. The van der Waals surface area contributed by atoms with Crippen LogP contribution in [0.25, 0.3) is 0 Å². The Morgan fingerprint density at radius 3 is 2.46 bits per heavy atom. The Balaban J connectivity index is 1.79. The first kappa shape index (κ1) is 20.0. The molecule has 0 bridgehead atoms. The second kappa shape index (κ2) is 8.94. The van der Waals surface area contributed by atoms with E-state index in [2.05, 4.69) is 10.3 Å². The van der Waals surface area contributed by atoms with Crippen LogP contribution in [0.4, 0.5) is 0 Å². The summed E-state index contributed by atoms with van der Waals surface area (Å²) in [6.45, 7) is 1.18. The van der Waals surface area contributed by atoms with Gasteiger partial charge in [0.1, 0.15) is 5.25 Å². The Hall–Kier alpha value is -2.78. The van der Waals surface area contributed by atoms with E-state index in [1.54, 1.807) is 30.3 Å². The monoisotopic (exact) mass is 403 g/mol. The molecule has 2 heterocycles. The van der Waals surface area contributed by atoms with Crippen molar-refractivity contribution in [2.45, 2.75) is 10.1 Å². The quantitative estimate of drug-likeness (QED) is 0.732. The van der Waals surface area contributed by atoms with Gasteiger partial charge in [-0.2, -0.15) is 0 Å². The first-order valence-electron chi connectivity index (χ1n) is 8.84. The Morgan fingerprint density at radius 1 is 1.11 bits per heavy atom. The number of carbonyl (C=O) groups excluding carboxylic acids is 2. The van der Waals surface area contributed by atoms with Crippen molar-refractivity contribution in [3.05, 3.63) is 60.4 Å². The maximum atomic E-state index is 13.1. The zero-order valence-electron chi connectivity index (χ0n) is 15.2. The molecule has 1 N–H and O–H groups in total. The Bertz CT molecular complexity index is 913. The number of pyridine rings is 1. The highest BCUT2D eigenvalue weighted by atomic mass is 32.2. The van der Waals surface area contributed by atoms with E-state index in [4.69, 9.17) is 4.74 Å². The van der Waals surface area contributed by atoms with Gasteiger partial charge in [0.2, 0.25) is 0 Å². The molecule has 3 rings (SSSR count). The molecule has 0 radical (unpaired) electrons. The highest BCUT2D eigenvalue weighted by molar-refractivity contribution is 7.91. The summed E-state index contributed by atoms with van der Waals surface area (Å²) in [7, 11) is -3.80. The lowest BCUT2D eigenvalue weighted by Crippen LogP contribution is -2.48. The highest BCUT2D eigenvalue weighted by Crippen LogP contribution is 2.27. The molecular weight excluding hydrogens is 382 g/mol. The molecule has 1 saturated heterocycles. The number of morpholine rings is 1. The van der Waals surface area contributed by atoms with Gasteiger partial charge >= 0.3 is 11.8 Å². The van der Waals surface area contributed by atoms with Crippen LogP contribution >= 0.6 is 0 Å². The van der Waals surface area contributed by atoms with E-state index in [-0.39, 0.29) is 11.4 Å². The number of ether oxygens (including phenoxy) is 1. The van der Waals surface area contributed by atoms with E-state index in [1.165, 1.54) is 29.4 Å². The molecule has 0 aliphatic carbocycles. The fraction of sp³-hybridized carbons (Fsp3) is 0.316. The normalized spacial score (nSPS) is 15.6. The summed E-state index contributed by atoms with van der Waals surface area (Å²) in [4.78, 5) is 30.1. The molecule has 1 aromatic heterocycles. The van der Waals surface area contributed by atoms with Crippen LogP contribution < -0.4 is 5.32 Å². The molecule has 0 saturated carbocycles. The highest BCUT2D eigenvalue weighted by Gasteiger charge is 2.31. The van der Waals surface area contributed by atoms with Crippen molar-refractivity contribution in [2.24, 2.45) is 0 Å². The maximum absolute atomic E-state index is 13.1. The fourth-order valence-electron chi connectivity index (χ4n) is 2.92. The van der Waals surface area contributed by atoms with E-state index in [0.29, 0.717) is 31.9 Å². The second-order valence-electron chi connectivity index (χ2n) is 6.25. The van der Waals surface area contributed by atoms with Gasteiger partial charge in [-0.3, -0.25) is 14.6 Å². The van der Waals surface area contributed by atoms with Crippen LogP contribution in [0.3, 0.4) is 0 Å². The Kier molecular flexibility index (Phi) is 6.37. The van der Waals surface area contributed by atoms with Gasteiger partial charge in [-0.1, -0.05) is 24.3 Å². The van der Waals surface area contributed by atoms with Gasteiger partial charge in [-0.25, -0.2) is 8.42 Å². The van der Waals surface area contributed by atoms with Crippen molar-refractivity contribution in [3.63, 3.8) is 0 Å². The number of sulfone groups is 1. The fourth-order valence-corrected chi connectivity index (χ4v) is 4.58. The molecule has 1 atom stereocenters. The molecule has 28 heavy (non-hydrogen) atoms. The molecule has 2 amide bonds. The van der Waals surface area contributed by atoms with E-state index < -0.39 is 26.9 Å². The van der Waals surface area contributed by atoms with Crippen LogP contribution in [0.15, 0.2) is 59.8 Å². The van der Waals surface area contributed by atoms with Gasteiger partial charge in [0.15, 0.2) is 9.84 Å². The van der Waals surface area contributed by atoms with Crippen molar-refractivity contribution in [1.29, 1.82) is 0 Å². The number of aromatic nitrogens is 1. The van der Waals surface area contributed by atoms with E-state index in [0.717, 1.165) is 0 Å². The molecule has 1 aliphatic heterocycles. The molecule has 0 unspecified atom stereocenters. The van der Waals surface area contributed by atoms with Gasteiger partial charge in [-0.05, 0) is 23.8 Å². The average molecular weight is 403 g/mol. The molecule has 2 aromatic rings. The van der Waals surface area contributed by atoms with Gasteiger partial charge in [0.05, 0.1) is 18.1 Å². The summed E-state index contributed by atoms with van der Waals surface area (Å²) < 4.78 is 31.4. The zero-order chi connectivity index (χ0) is 20.0. The SMILES string of the molecule is O=C(NC[C@H](c1cccnc1)S(=O)(=O)c1ccccc1)C(=O)N1CCOCC1. The van der Waals surface area contributed by atoms with Gasteiger partial charge in [0, 0.05) is 32.0 Å². The van der Waals surface area contributed by atoms with Gasteiger partial charge in [0.25, 0.3) is 0 Å². The zero-order valence-corrected chi connectivity index (χ0v) is 16.0. The number of amides is 2. The molecule has 1 fully saturated rings. The molecular formula is C19H21N3O5S. The van der Waals surface area contributed by atoms with Crippen molar-refractivity contribution in [3.8, 4) is 0 Å². The van der Waals surface area contributed by atoms with E-state index in [9.17, 15) is 18.0 Å². The number of nitrogens with zero attached hydrogens (tertiary/aromatic N) is 2. The minimum Gasteiger partial charge on any atom is -0.378 e. The summed E-state index contributed by atoms with van der Waals surface area (Å²) in [5, 5.41) is 1.41. The van der Waals surface area contributed by atoms with Crippen LogP contribution in [0.5, 0.6) is 0 Å². The Labute approximate surface area is 163 Å². The number of hydrogen-bond donors (Lipinski definition) is 1. The van der Waals surface area contributed by atoms with Crippen molar-refractivity contribution >= 4 is 21.7 Å². The number of rotatable bonds is 5. The van der Waals surface area contributed by atoms with Crippen LogP contribution in [-0.4, -0.2) is 63.0 Å². The first-order valence-corrected chi connectivity index (χ1v) is 10.4. The van der Waals surface area contributed by atoms with Crippen LogP contribution in [0, 0.1) is 0 Å². The lowest BCUT2D eigenvalue weighted by Gasteiger charge is -2.26. The summed E-state index contributed by atoms with van der Waals surface area (Å²) in [5.74, 6) is -1.52. The van der Waals surface area contributed by atoms with Crippen molar-refractivity contribution in [2.75, 3.05) is 32.8 Å². The van der Waals surface area contributed by atoms with Crippen LogP contribution in [0.1, 0.15) is 10.8 Å². The molecule has 8 nitrogen and oxygen atoms in total. The van der Waals surface area contributed by atoms with Crippen LogP contribution in [0.2, 0.25) is 0 Å². The van der Waals surface area contributed by atoms with E-state index >= 15 is 0 Å². The number of carbonyl (C=O) groups is 2. The lowest BCUT2D eigenvalue weighted by molar-refractivity contribution is -0.148. The predicted octanol–water partition coefficient (Wildman–Crippen LogP) is 0.572. The third-order valence-electron chi connectivity index (χ3n) is 4.44. The minimum atomic E-state index is -3.80. The molecule has 1 aliphatic rings. The Morgan fingerprint density at radius 2 is 1.82 bits per heavy atom. The van der Waals surface area contributed by atoms with E-state index in [1.807, 2.05) is 0 Å². The summed E-state index contributed by atoms with van der Waals surface area (Å²) in [6.07, 6.45) is 2.98. The molecule has 9 heteroatoms. The molecule has 0 spiro atoms. The number of hydrogen-bond acceptors (Lipinski definition) is 6. The van der Waals surface area contributed by atoms with Crippen molar-refractivity contribution < 1.29 is 22.7 Å². The van der Waals surface area contributed by atoms with Gasteiger partial charge < -0.3 is 15.0 Å². The average Bonchev–Trinajstić information content (AvgIpc) is 2.75. The number of benzene rings is 1. The minimum absolute atomic E-state index is 0.137. The smallest absolute Gasteiger partial charge is 0.312 e. The lowest BCUT2D eigenvalue weighted by atomic mass is 10.2. The third-order valence-corrected chi connectivity index (χ3v) is 6.56. The van der Waals surface area contributed by atoms with Crippen molar-refractivity contribution in [1.82, 2.24) is 15.2 Å². The molecule has 1 aromatic carbocycles. The summed E-state index contributed by atoms with van der Waals surface area (Å²) in [5.41, 5.74) is 0.436. The second-order valence-corrected chi connectivity index (χ2v) is 8.38. The maximum Gasteiger partial charge on any atom is 0.312 e. The van der Waals surface area contributed by atoms with Gasteiger partial charge in [-0.15, -0.1) is 0 Å². The topological polar surface area (TPSA) is 106 Å². The summed E-state index contributed by atoms with van der Waals surface area (Å²) in [6, 6.07) is 11.2. The van der Waals surface area contributed by atoms with Crippen LogP contribution in [-0.2, 0) is 24.2 Å². The number of nitrogens with one attached hydrogen (secondary N) is 1. The first-order chi connectivity index (χ1) is 13.5. The largest absolute Gasteiger partial charge is 0.378 e. The summed E-state index contributed by atoms with van der Waals surface area (Å²) >= 11 is 0.